The van der Waals surface area contributed by atoms with E-state index in [1.165, 1.54) is 6.07 Å². The van der Waals surface area contributed by atoms with Gasteiger partial charge in [0.25, 0.3) is 5.91 Å². The number of benzene rings is 2. The van der Waals surface area contributed by atoms with Gasteiger partial charge >= 0.3 is 6.18 Å². The molecule has 0 radical (unpaired) electrons. The SMILES string of the molecule is O=C(N[C@@H](c1ccc(C(F)(F)F)c(F)c1)C1CC1)[C@H]1C[C@H]2C[C@H]2N1C(=O)c1cccc(I)c1. The molecule has 0 bridgehead atoms. The van der Waals surface area contributed by atoms with Gasteiger partial charge in [0.1, 0.15) is 11.9 Å². The second kappa shape index (κ2) is 8.25. The molecule has 3 aliphatic rings. The summed E-state index contributed by atoms with van der Waals surface area (Å²) in [5.74, 6) is -1.55. The smallest absolute Gasteiger partial charge is 0.347 e. The molecule has 2 aromatic carbocycles. The molecule has 0 unspecified atom stereocenters. The zero-order valence-corrected chi connectivity index (χ0v) is 19.6. The number of nitrogens with one attached hydrogen (secondary N) is 1. The van der Waals surface area contributed by atoms with E-state index in [9.17, 15) is 27.2 Å². The first-order chi connectivity index (χ1) is 15.6. The Morgan fingerprint density at radius 1 is 1.09 bits per heavy atom. The van der Waals surface area contributed by atoms with Crippen molar-refractivity contribution in [1.82, 2.24) is 10.2 Å². The average Bonchev–Trinajstić information content (AvgIpc) is 3.68. The maximum Gasteiger partial charge on any atom is 0.419 e. The summed E-state index contributed by atoms with van der Waals surface area (Å²) in [5.41, 5.74) is -0.483. The molecule has 2 saturated carbocycles. The Hall–Kier alpha value is -2.17. The third-order valence-electron chi connectivity index (χ3n) is 6.76. The van der Waals surface area contributed by atoms with Gasteiger partial charge in [-0.25, -0.2) is 4.39 Å². The minimum absolute atomic E-state index is 0.0361. The first-order valence-electron chi connectivity index (χ1n) is 10.9. The molecule has 0 spiro atoms. The maximum absolute atomic E-state index is 14.2. The van der Waals surface area contributed by atoms with Crippen LogP contribution in [0.2, 0.25) is 0 Å². The van der Waals surface area contributed by atoms with Crippen LogP contribution in [0.4, 0.5) is 17.6 Å². The van der Waals surface area contributed by atoms with Crippen molar-refractivity contribution in [3.05, 3.63) is 68.5 Å². The quantitative estimate of drug-likeness (QED) is 0.390. The lowest BCUT2D eigenvalue weighted by Crippen LogP contribution is -2.49. The molecule has 1 aliphatic heterocycles. The van der Waals surface area contributed by atoms with Crippen molar-refractivity contribution in [1.29, 1.82) is 0 Å². The molecule has 3 fully saturated rings. The molecule has 1 heterocycles. The molecule has 1 N–H and O–H groups in total. The van der Waals surface area contributed by atoms with Gasteiger partial charge in [0.05, 0.1) is 11.6 Å². The number of rotatable bonds is 5. The van der Waals surface area contributed by atoms with Gasteiger partial charge in [-0.15, -0.1) is 0 Å². The highest BCUT2D eigenvalue weighted by Crippen LogP contribution is 2.49. The van der Waals surface area contributed by atoms with Crippen molar-refractivity contribution in [3.63, 3.8) is 0 Å². The number of halogens is 5. The van der Waals surface area contributed by atoms with E-state index in [1.54, 1.807) is 23.1 Å². The van der Waals surface area contributed by atoms with Crippen LogP contribution in [0.3, 0.4) is 0 Å². The predicted octanol–water partition coefficient (Wildman–Crippen LogP) is 5.32. The third-order valence-corrected chi connectivity index (χ3v) is 7.43. The summed E-state index contributed by atoms with van der Waals surface area (Å²) >= 11 is 2.13. The van der Waals surface area contributed by atoms with E-state index in [-0.39, 0.29) is 29.7 Å². The van der Waals surface area contributed by atoms with Crippen LogP contribution >= 0.6 is 22.6 Å². The van der Waals surface area contributed by atoms with Gasteiger partial charge in [-0.2, -0.15) is 13.2 Å². The molecule has 5 rings (SSSR count). The van der Waals surface area contributed by atoms with Gasteiger partial charge in [0.2, 0.25) is 5.91 Å². The Labute approximate surface area is 201 Å². The first-order valence-corrected chi connectivity index (χ1v) is 12.0. The molecule has 2 aliphatic carbocycles. The Balaban J connectivity index is 1.36. The number of alkyl halides is 3. The monoisotopic (exact) mass is 572 g/mol. The lowest BCUT2D eigenvalue weighted by atomic mass is 9.99. The maximum atomic E-state index is 14.2. The average molecular weight is 572 g/mol. The number of fused-ring (bicyclic) bond motifs is 1. The topological polar surface area (TPSA) is 49.4 Å². The van der Waals surface area contributed by atoms with Crippen LogP contribution in [0.5, 0.6) is 0 Å². The minimum atomic E-state index is -4.78. The summed E-state index contributed by atoms with van der Waals surface area (Å²) in [4.78, 5) is 28.1. The van der Waals surface area contributed by atoms with E-state index < -0.39 is 29.6 Å². The van der Waals surface area contributed by atoms with Gasteiger partial charge in [-0.3, -0.25) is 9.59 Å². The molecule has 33 heavy (non-hydrogen) atoms. The number of piperidine rings is 1. The predicted molar refractivity (Wildman–Crippen MR) is 121 cm³/mol. The van der Waals surface area contributed by atoms with Crippen molar-refractivity contribution in [2.45, 2.75) is 50.0 Å². The molecule has 174 valence electrons. The van der Waals surface area contributed by atoms with Crippen molar-refractivity contribution in [2.75, 3.05) is 0 Å². The number of hydrogen-bond acceptors (Lipinski definition) is 2. The number of amides is 2. The summed E-state index contributed by atoms with van der Waals surface area (Å²) in [6.45, 7) is 0. The van der Waals surface area contributed by atoms with Crippen molar-refractivity contribution in [3.8, 4) is 0 Å². The summed E-state index contributed by atoms with van der Waals surface area (Å²) in [7, 11) is 0. The number of carbonyl (C=O) groups is 2. The highest BCUT2D eigenvalue weighted by Gasteiger charge is 2.56. The molecule has 2 aromatic rings. The van der Waals surface area contributed by atoms with E-state index in [4.69, 9.17) is 0 Å². The molecular weight excluding hydrogens is 551 g/mol. The lowest BCUT2D eigenvalue weighted by Gasteiger charge is -2.29. The van der Waals surface area contributed by atoms with E-state index >= 15 is 0 Å². The van der Waals surface area contributed by atoms with Gasteiger partial charge < -0.3 is 10.2 Å². The van der Waals surface area contributed by atoms with Crippen molar-refractivity contribution in [2.24, 2.45) is 11.8 Å². The normalized spacial score (nSPS) is 24.9. The fraction of sp³-hybridized carbons (Fsp3) is 0.417. The van der Waals surface area contributed by atoms with Gasteiger partial charge in [0, 0.05) is 15.2 Å². The Morgan fingerprint density at radius 2 is 1.85 bits per heavy atom. The third kappa shape index (κ3) is 4.48. The molecule has 4 nitrogen and oxygen atoms in total. The van der Waals surface area contributed by atoms with Crippen LogP contribution in [0, 0.1) is 21.2 Å². The Kier molecular flexibility index (Phi) is 5.65. The van der Waals surface area contributed by atoms with E-state index in [0.717, 1.165) is 35.0 Å². The van der Waals surface area contributed by atoms with Crippen LogP contribution < -0.4 is 5.32 Å². The number of nitrogens with zero attached hydrogens (tertiary/aromatic N) is 1. The molecule has 1 saturated heterocycles. The van der Waals surface area contributed by atoms with E-state index in [2.05, 4.69) is 27.9 Å². The van der Waals surface area contributed by atoms with Gasteiger partial charge in [-0.05, 0) is 96.0 Å². The molecule has 2 amide bonds. The van der Waals surface area contributed by atoms with Crippen LogP contribution in [0.15, 0.2) is 42.5 Å². The Morgan fingerprint density at radius 3 is 2.48 bits per heavy atom. The minimum Gasteiger partial charge on any atom is -0.347 e. The van der Waals surface area contributed by atoms with Crippen molar-refractivity contribution < 1.29 is 27.2 Å². The van der Waals surface area contributed by atoms with Crippen LogP contribution in [0.25, 0.3) is 0 Å². The van der Waals surface area contributed by atoms with E-state index in [1.807, 2.05) is 6.07 Å². The van der Waals surface area contributed by atoms with E-state index in [0.29, 0.717) is 17.5 Å². The Bertz CT molecular complexity index is 1120. The number of likely N-dealkylation sites (tertiary alicyclic amines) is 1. The standard InChI is InChI=1S/C24H21F4IN2O2/c25-18-9-13(6-7-17(18)24(26,27)28)21(12-4-5-12)30-22(32)20-11-15-10-19(15)31(20)23(33)14-2-1-3-16(29)8-14/h1-3,6-9,12,15,19-21H,4-5,10-11H2,(H,30,32)/t15-,19-,20-,21-/m1/s1. The molecule has 9 heteroatoms. The fourth-order valence-electron chi connectivity index (χ4n) is 4.86. The molecule has 4 atom stereocenters. The summed E-state index contributed by atoms with van der Waals surface area (Å²) in [5, 5.41) is 2.93. The summed E-state index contributed by atoms with van der Waals surface area (Å²) < 4.78 is 53.9. The zero-order valence-electron chi connectivity index (χ0n) is 17.4. The number of hydrogen-bond donors (Lipinski definition) is 1. The summed E-state index contributed by atoms with van der Waals surface area (Å²) in [6, 6.07) is 8.84. The largest absolute Gasteiger partial charge is 0.419 e. The highest BCUT2D eigenvalue weighted by atomic mass is 127. The fourth-order valence-corrected chi connectivity index (χ4v) is 5.40. The first kappa shape index (κ1) is 22.6. The zero-order chi connectivity index (χ0) is 23.5. The van der Waals surface area contributed by atoms with Crippen LogP contribution in [-0.2, 0) is 11.0 Å². The lowest BCUT2D eigenvalue weighted by molar-refractivity contribution is -0.140. The second-order valence-electron chi connectivity index (χ2n) is 9.10. The summed E-state index contributed by atoms with van der Waals surface area (Å²) in [6.07, 6.45) is -1.74. The second-order valence-corrected chi connectivity index (χ2v) is 10.3. The van der Waals surface area contributed by atoms with Crippen LogP contribution in [-0.4, -0.2) is 28.8 Å². The van der Waals surface area contributed by atoms with Crippen molar-refractivity contribution >= 4 is 34.4 Å². The van der Waals surface area contributed by atoms with Crippen LogP contribution in [0.1, 0.15) is 53.2 Å². The highest BCUT2D eigenvalue weighted by molar-refractivity contribution is 14.1. The number of carbonyl (C=O) groups excluding carboxylic acids is 2. The van der Waals surface area contributed by atoms with Gasteiger partial charge in [0.15, 0.2) is 0 Å². The van der Waals surface area contributed by atoms with Gasteiger partial charge in [-0.1, -0.05) is 12.1 Å². The molecular formula is C24H21F4IN2O2. The molecule has 0 aromatic heterocycles.